The number of nitriles is 3. The van der Waals surface area contributed by atoms with E-state index >= 15 is 0 Å². The second-order valence-corrected chi connectivity index (χ2v) is 0.822. The topological polar surface area (TPSA) is 292 Å². The van der Waals surface area contributed by atoms with Gasteiger partial charge >= 0.3 is 35.6 Å². The monoisotopic (exact) mass is 439 g/mol. The minimum Gasteiger partial charge on any atom is -0.696 e. The Morgan fingerprint density at radius 1 is 0.471 bits per heavy atom. The van der Waals surface area contributed by atoms with Crippen LogP contribution in [0.3, 0.4) is 0 Å². The molecule has 0 aromatic rings. The summed E-state index contributed by atoms with van der Waals surface area (Å²) in [6, 6.07) is 0. The Morgan fingerprint density at radius 3 is 0.471 bits per heavy atom. The summed E-state index contributed by atoms with van der Waals surface area (Å²) in [7, 11) is 0. The molecule has 0 aliphatic carbocycles. The zero-order valence-electron chi connectivity index (χ0n) is 8.14. The summed E-state index contributed by atoms with van der Waals surface area (Å²) >= 11 is 11.1. The Kier molecular flexibility index (Phi) is 2770. The molecule has 0 aromatic heterocycles. The molecule has 0 heterocycles. The van der Waals surface area contributed by atoms with E-state index in [1.807, 2.05) is 0 Å². The zero-order chi connectivity index (χ0) is 8.12. The molecule has 0 atom stereocenters. The summed E-state index contributed by atoms with van der Waals surface area (Å²) in [4.78, 5) is 0. The van der Waals surface area contributed by atoms with Crippen LogP contribution in [0, 0.1) is 67.6 Å². The van der Waals surface area contributed by atoms with Crippen molar-refractivity contribution in [2.45, 2.75) is 0 Å². The summed E-state index contributed by atoms with van der Waals surface area (Å²) in [5.41, 5.74) is 0. The van der Waals surface area contributed by atoms with E-state index in [2.05, 4.69) is 37.9 Å². The maximum Gasteiger partial charge on any atom is 3.00 e. The molecule has 14 heteroatoms. The third-order valence-corrected chi connectivity index (χ3v) is 0. The van der Waals surface area contributed by atoms with Crippen molar-refractivity contribution < 1.29 is 73.9 Å². The molecule has 0 bridgehead atoms. The van der Waals surface area contributed by atoms with Gasteiger partial charge < -0.3 is 76.2 Å². The van der Waals surface area contributed by atoms with E-state index in [1.165, 1.54) is 16.2 Å². The number of thiocyanates is 3. The smallest absolute Gasteiger partial charge is 0.696 e. The fourth-order valence-electron chi connectivity index (χ4n) is 0. The fraction of sp³-hybridized carbons (Fsp3) is 0. The summed E-state index contributed by atoms with van der Waals surface area (Å²) < 4.78 is 0. The van der Waals surface area contributed by atoms with Crippen molar-refractivity contribution in [3.8, 4) is 16.2 Å². The Morgan fingerprint density at radius 2 is 0.471 bits per heavy atom. The predicted octanol–water partition coefficient (Wildman–Crippen LogP) is -5.73. The van der Waals surface area contributed by atoms with Gasteiger partial charge in [-0.2, -0.15) is 0 Å². The van der Waals surface area contributed by atoms with Crippen molar-refractivity contribution in [1.29, 1.82) is 15.8 Å². The van der Waals surface area contributed by atoms with E-state index in [-0.39, 0.29) is 73.9 Å². The van der Waals surface area contributed by atoms with Gasteiger partial charge in [-0.1, -0.05) is 16.2 Å². The molecule has 0 radical (unpaired) electrons. The Balaban J connectivity index is -0.00000000286. The van der Waals surface area contributed by atoms with Crippen LogP contribution in [0.4, 0.5) is 0 Å². The van der Waals surface area contributed by atoms with E-state index in [1.54, 1.807) is 0 Å². The van der Waals surface area contributed by atoms with E-state index in [0.29, 0.717) is 0 Å². The van der Waals surface area contributed by atoms with Crippen LogP contribution in [0.1, 0.15) is 0 Å². The minimum absolute atomic E-state index is 0. The number of rotatable bonds is 0. The first kappa shape index (κ1) is 120. The van der Waals surface area contributed by atoms with Crippen LogP contribution in [0.15, 0.2) is 0 Å². The van der Waals surface area contributed by atoms with Gasteiger partial charge in [-0.15, -0.1) is 0 Å². The van der Waals surface area contributed by atoms with Gasteiger partial charge in [-0.05, 0) is 0 Å². The average Bonchev–Trinajstić information content (AvgIpc) is 1.70. The van der Waals surface area contributed by atoms with Crippen LogP contribution < -0.4 is 0 Å². The quantitative estimate of drug-likeness (QED) is 0.261. The van der Waals surface area contributed by atoms with Gasteiger partial charge in [-0.25, -0.2) is 15.8 Å². The minimum atomic E-state index is 0. The standard InChI is InChI=1S/3CHNS.La.7H2O/c3*2-1-3;;;;;;;;/h3*3H;;7*1H2/q;;;+3;;;;;;;/p-3. The molecule has 0 aliphatic heterocycles. The van der Waals surface area contributed by atoms with Crippen LogP contribution in [0.25, 0.3) is 0 Å². The van der Waals surface area contributed by atoms with Crippen molar-refractivity contribution in [3.63, 3.8) is 0 Å². The average molecular weight is 439 g/mol. The Hall–Kier alpha value is 0.0448. The van der Waals surface area contributed by atoms with Crippen LogP contribution in [-0.4, -0.2) is 38.3 Å². The summed E-state index contributed by atoms with van der Waals surface area (Å²) in [5, 5.41) is 25.4. The van der Waals surface area contributed by atoms with Gasteiger partial charge in [0.2, 0.25) is 0 Å². The van der Waals surface area contributed by atoms with Gasteiger partial charge in [-0.3, -0.25) is 0 Å². The van der Waals surface area contributed by atoms with E-state index in [9.17, 15) is 0 Å². The Bertz CT molecular complexity index is 129. The molecule has 0 saturated heterocycles. The molecule has 0 fully saturated rings. The van der Waals surface area contributed by atoms with Gasteiger partial charge in [0.25, 0.3) is 0 Å². The van der Waals surface area contributed by atoms with Gasteiger partial charge in [0.1, 0.15) is 0 Å². The normalized spacial score (nSPS) is 1.24. The summed E-state index contributed by atoms with van der Waals surface area (Å²) in [6.45, 7) is 0. The second-order valence-electron chi connectivity index (χ2n) is 0.274. The first-order valence-corrected chi connectivity index (χ1v) is 2.51. The van der Waals surface area contributed by atoms with Gasteiger partial charge in [0.15, 0.2) is 0 Å². The largest absolute Gasteiger partial charge is 3.00 e. The van der Waals surface area contributed by atoms with Crippen LogP contribution in [-0.2, 0) is 37.9 Å². The first-order chi connectivity index (χ1) is 4.24. The van der Waals surface area contributed by atoms with Gasteiger partial charge in [0, 0.05) is 0 Å². The SMILES string of the molecule is N#C[S-].N#C[S-].N#C[S-].O.O.O.O.O.O.O.[La+3]. The van der Waals surface area contributed by atoms with Crippen molar-refractivity contribution in [2.24, 2.45) is 0 Å². The van der Waals surface area contributed by atoms with Crippen molar-refractivity contribution in [1.82, 2.24) is 0 Å². The second kappa shape index (κ2) is 392. The molecule has 0 amide bonds. The molecule has 0 rings (SSSR count). The first-order valence-electron chi connectivity index (χ1n) is 1.28. The van der Waals surface area contributed by atoms with E-state index < -0.39 is 0 Å². The number of hydrogen-bond acceptors (Lipinski definition) is 6. The molecule has 0 aliphatic rings. The number of hydrogen-bond donors (Lipinski definition) is 0. The third kappa shape index (κ3) is 1580000. The van der Waals surface area contributed by atoms with Crippen molar-refractivity contribution in [2.75, 3.05) is 0 Å². The summed E-state index contributed by atoms with van der Waals surface area (Å²) in [6.07, 6.45) is 0. The molecular weight excluding hydrogens is 425 g/mol. The van der Waals surface area contributed by atoms with Crippen molar-refractivity contribution in [3.05, 3.63) is 0 Å². The molecule has 14 N–H and O–H groups in total. The fourth-order valence-corrected chi connectivity index (χ4v) is 0. The Labute approximate surface area is 143 Å². The molecule has 0 aromatic carbocycles. The van der Waals surface area contributed by atoms with Crippen LogP contribution in [0.5, 0.6) is 0 Å². The van der Waals surface area contributed by atoms with Crippen LogP contribution in [0.2, 0.25) is 0 Å². The number of nitrogens with zero attached hydrogens (tertiary/aromatic N) is 3. The molecule has 0 saturated carbocycles. The molecular formula is C3H14LaN3O7S3. The van der Waals surface area contributed by atoms with Crippen molar-refractivity contribution >= 4 is 37.9 Å². The molecule has 17 heavy (non-hydrogen) atoms. The predicted molar refractivity (Wildman–Crippen MR) is 64.2 cm³/mol. The molecule has 104 valence electrons. The maximum absolute atomic E-state index is 7.13. The molecule has 10 nitrogen and oxygen atoms in total. The maximum atomic E-state index is 7.13. The third-order valence-electron chi connectivity index (χ3n) is 0. The van der Waals surface area contributed by atoms with Crippen LogP contribution >= 0.6 is 0 Å². The van der Waals surface area contributed by atoms with E-state index in [4.69, 9.17) is 15.8 Å². The summed E-state index contributed by atoms with van der Waals surface area (Å²) in [5.74, 6) is 0. The molecule has 0 spiro atoms. The molecule has 0 unspecified atom stereocenters. The van der Waals surface area contributed by atoms with E-state index in [0.717, 1.165) is 0 Å². The zero-order valence-corrected chi connectivity index (χ0v) is 14.2. The van der Waals surface area contributed by atoms with Gasteiger partial charge in [0.05, 0.1) is 0 Å².